The van der Waals surface area contributed by atoms with E-state index in [4.69, 9.17) is 0 Å². The highest BCUT2D eigenvalue weighted by Gasteiger charge is 2.08. The molecular formula is C11H14F2N2O. The fourth-order valence-electron chi connectivity index (χ4n) is 1.22. The fraction of sp³-hybridized carbons (Fsp3) is 0.364. The number of rotatable bonds is 4. The van der Waals surface area contributed by atoms with Crippen LogP contribution in [0.5, 0.6) is 0 Å². The van der Waals surface area contributed by atoms with Gasteiger partial charge in [-0.05, 0) is 25.5 Å². The molecular weight excluding hydrogens is 214 g/mol. The van der Waals surface area contributed by atoms with Crippen molar-refractivity contribution in [1.82, 2.24) is 5.32 Å². The van der Waals surface area contributed by atoms with Crippen molar-refractivity contribution in [2.24, 2.45) is 0 Å². The molecule has 0 aliphatic heterocycles. The van der Waals surface area contributed by atoms with Crippen LogP contribution in [0.25, 0.3) is 0 Å². The molecule has 1 rings (SSSR count). The molecule has 16 heavy (non-hydrogen) atoms. The first-order valence-corrected chi connectivity index (χ1v) is 5.00. The summed E-state index contributed by atoms with van der Waals surface area (Å²) in [5.74, 6) is -1.33. The second-order valence-corrected chi connectivity index (χ2v) is 3.39. The van der Waals surface area contributed by atoms with E-state index in [1.807, 2.05) is 0 Å². The van der Waals surface area contributed by atoms with Crippen molar-refractivity contribution in [2.45, 2.75) is 13.8 Å². The van der Waals surface area contributed by atoms with Gasteiger partial charge in [-0.15, -0.1) is 0 Å². The van der Waals surface area contributed by atoms with Crippen LogP contribution in [-0.4, -0.2) is 19.0 Å². The van der Waals surface area contributed by atoms with Gasteiger partial charge in [-0.2, -0.15) is 0 Å². The lowest BCUT2D eigenvalue weighted by atomic mass is 10.2. The van der Waals surface area contributed by atoms with Crippen LogP contribution in [0, 0.1) is 18.6 Å². The minimum Gasteiger partial charge on any atom is -0.374 e. The van der Waals surface area contributed by atoms with E-state index in [1.54, 1.807) is 6.92 Å². The molecule has 1 aromatic carbocycles. The lowest BCUT2D eigenvalue weighted by Crippen LogP contribution is -2.29. The van der Waals surface area contributed by atoms with Crippen LogP contribution in [0.1, 0.15) is 12.5 Å². The van der Waals surface area contributed by atoms with Gasteiger partial charge in [0.1, 0.15) is 11.6 Å². The number of nitrogens with one attached hydrogen (secondary N) is 2. The van der Waals surface area contributed by atoms with Crippen molar-refractivity contribution in [3.05, 3.63) is 29.3 Å². The van der Waals surface area contributed by atoms with Crippen LogP contribution >= 0.6 is 0 Å². The second kappa shape index (κ2) is 5.44. The van der Waals surface area contributed by atoms with Gasteiger partial charge in [0, 0.05) is 12.6 Å². The van der Waals surface area contributed by atoms with E-state index in [-0.39, 0.29) is 23.7 Å². The molecule has 1 aromatic rings. The van der Waals surface area contributed by atoms with E-state index in [2.05, 4.69) is 10.6 Å². The Balaban J connectivity index is 2.67. The Morgan fingerprint density at radius 2 is 2.00 bits per heavy atom. The van der Waals surface area contributed by atoms with Gasteiger partial charge < -0.3 is 10.6 Å². The number of hydrogen-bond donors (Lipinski definition) is 2. The molecule has 0 unspecified atom stereocenters. The van der Waals surface area contributed by atoms with Crippen molar-refractivity contribution in [2.75, 3.05) is 18.4 Å². The van der Waals surface area contributed by atoms with Gasteiger partial charge in [0.05, 0.1) is 12.2 Å². The van der Waals surface area contributed by atoms with Crippen molar-refractivity contribution in [3.8, 4) is 0 Å². The largest absolute Gasteiger partial charge is 0.374 e. The zero-order chi connectivity index (χ0) is 12.1. The summed E-state index contributed by atoms with van der Waals surface area (Å²) in [6.07, 6.45) is 0. The van der Waals surface area contributed by atoms with Crippen molar-refractivity contribution in [1.29, 1.82) is 0 Å². The number of amides is 1. The minimum absolute atomic E-state index is 0.00523. The van der Waals surface area contributed by atoms with Gasteiger partial charge in [0.2, 0.25) is 5.91 Å². The third-order valence-corrected chi connectivity index (χ3v) is 2.06. The van der Waals surface area contributed by atoms with Gasteiger partial charge in [-0.3, -0.25) is 4.79 Å². The van der Waals surface area contributed by atoms with E-state index < -0.39 is 11.6 Å². The molecule has 0 bridgehead atoms. The van der Waals surface area contributed by atoms with E-state index >= 15 is 0 Å². The molecule has 0 aliphatic carbocycles. The maximum Gasteiger partial charge on any atom is 0.239 e. The first kappa shape index (κ1) is 12.4. The lowest BCUT2D eigenvalue weighted by molar-refractivity contribution is -0.119. The van der Waals surface area contributed by atoms with E-state index in [1.165, 1.54) is 6.92 Å². The van der Waals surface area contributed by atoms with E-state index in [0.717, 1.165) is 12.1 Å². The van der Waals surface area contributed by atoms with Crippen LogP contribution in [0.3, 0.4) is 0 Å². The van der Waals surface area contributed by atoms with Gasteiger partial charge in [-0.1, -0.05) is 0 Å². The molecule has 0 spiro atoms. The lowest BCUT2D eigenvalue weighted by Gasteiger charge is -2.08. The number of benzene rings is 1. The zero-order valence-electron chi connectivity index (χ0n) is 9.23. The molecule has 0 saturated carbocycles. The number of halogens is 2. The SMILES string of the molecule is CCNC(=O)CNc1cc(F)c(C)cc1F. The van der Waals surface area contributed by atoms with Gasteiger partial charge in [0.15, 0.2) is 0 Å². The maximum atomic E-state index is 13.3. The Kier molecular flexibility index (Phi) is 4.22. The number of likely N-dealkylation sites (N-methyl/N-ethyl adjacent to an activating group) is 1. The number of carbonyl (C=O) groups excluding carboxylic acids is 1. The average Bonchev–Trinajstić information content (AvgIpc) is 2.22. The molecule has 0 fully saturated rings. The highest BCUT2D eigenvalue weighted by molar-refractivity contribution is 5.80. The van der Waals surface area contributed by atoms with Crippen LogP contribution in [0.15, 0.2) is 12.1 Å². The Morgan fingerprint density at radius 1 is 1.31 bits per heavy atom. The third kappa shape index (κ3) is 3.18. The molecule has 88 valence electrons. The molecule has 2 N–H and O–H groups in total. The van der Waals surface area contributed by atoms with Gasteiger partial charge >= 0.3 is 0 Å². The van der Waals surface area contributed by atoms with Crippen molar-refractivity contribution < 1.29 is 13.6 Å². The standard InChI is InChI=1S/C11H14F2N2O/c1-3-14-11(16)6-15-10-5-8(12)7(2)4-9(10)13/h4-5,15H,3,6H2,1-2H3,(H,14,16). The van der Waals surface area contributed by atoms with Crippen LogP contribution in [0.2, 0.25) is 0 Å². The monoisotopic (exact) mass is 228 g/mol. The Labute approximate surface area is 92.8 Å². The maximum absolute atomic E-state index is 13.3. The fourth-order valence-corrected chi connectivity index (χ4v) is 1.22. The van der Waals surface area contributed by atoms with Crippen LogP contribution < -0.4 is 10.6 Å². The Bertz CT molecular complexity index is 394. The summed E-state index contributed by atoms with van der Waals surface area (Å²) in [6.45, 7) is 3.69. The van der Waals surface area contributed by atoms with Gasteiger partial charge in [-0.25, -0.2) is 8.78 Å². The Hall–Kier alpha value is -1.65. The quantitative estimate of drug-likeness (QED) is 0.825. The number of aryl methyl sites for hydroxylation is 1. The molecule has 3 nitrogen and oxygen atoms in total. The van der Waals surface area contributed by atoms with Crippen molar-refractivity contribution in [3.63, 3.8) is 0 Å². The molecule has 0 saturated heterocycles. The zero-order valence-corrected chi connectivity index (χ0v) is 9.23. The van der Waals surface area contributed by atoms with Crippen LogP contribution in [0.4, 0.5) is 14.5 Å². The predicted octanol–water partition coefficient (Wildman–Crippen LogP) is 1.82. The summed E-state index contributed by atoms with van der Waals surface area (Å²) in [7, 11) is 0. The first-order chi connectivity index (χ1) is 7.54. The molecule has 0 aliphatic rings. The molecule has 5 heteroatoms. The minimum atomic E-state index is -0.566. The first-order valence-electron chi connectivity index (χ1n) is 5.00. The summed E-state index contributed by atoms with van der Waals surface area (Å²) >= 11 is 0. The summed E-state index contributed by atoms with van der Waals surface area (Å²) in [6, 6.07) is 2.14. The average molecular weight is 228 g/mol. The smallest absolute Gasteiger partial charge is 0.239 e. The van der Waals surface area contributed by atoms with E-state index in [0.29, 0.717) is 6.54 Å². The molecule has 1 amide bonds. The van der Waals surface area contributed by atoms with E-state index in [9.17, 15) is 13.6 Å². The predicted molar refractivity (Wildman–Crippen MR) is 58.3 cm³/mol. The number of anilines is 1. The summed E-state index contributed by atoms with van der Waals surface area (Å²) in [4.78, 5) is 11.1. The molecule has 0 atom stereocenters. The third-order valence-electron chi connectivity index (χ3n) is 2.06. The number of hydrogen-bond acceptors (Lipinski definition) is 2. The van der Waals surface area contributed by atoms with Gasteiger partial charge in [0.25, 0.3) is 0 Å². The van der Waals surface area contributed by atoms with Crippen molar-refractivity contribution >= 4 is 11.6 Å². The highest BCUT2D eigenvalue weighted by atomic mass is 19.1. The molecule has 0 aromatic heterocycles. The number of carbonyl (C=O) groups is 1. The summed E-state index contributed by atoms with van der Waals surface area (Å²) in [5.41, 5.74) is 0.232. The summed E-state index contributed by atoms with van der Waals surface area (Å²) < 4.78 is 26.4. The summed E-state index contributed by atoms with van der Waals surface area (Å²) in [5, 5.41) is 5.08. The second-order valence-electron chi connectivity index (χ2n) is 3.39. The topological polar surface area (TPSA) is 41.1 Å². The van der Waals surface area contributed by atoms with Crippen LogP contribution in [-0.2, 0) is 4.79 Å². The normalized spacial score (nSPS) is 10.0. The molecule has 0 radical (unpaired) electrons. The Morgan fingerprint density at radius 3 is 2.62 bits per heavy atom. The highest BCUT2D eigenvalue weighted by Crippen LogP contribution is 2.18. The molecule has 0 heterocycles.